The fourth-order valence-electron chi connectivity index (χ4n) is 1.81. The van der Waals surface area contributed by atoms with Crippen LogP contribution in [-0.4, -0.2) is 53.0 Å². The summed E-state index contributed by atoms with van der Waals surface area (Å²) in [5, 5.41) is 2.64. The molecule has 0 bridgehead atoms. The number of nitrogens with one attached hydrogen (secondary N) is 1. The van der Waals surface area contributed by atoms with E-state index in [-0.39, 0.29) is 23.1 Å². The number of halogens is 1. The van der Waals surface area contributed by atoms with Crippen LogP contribution in [0.15, 0.2) is 21.5 Å². The van der Waals surface area contributed by atoms with Crippen LogP contribution in [0.2, 0.25) is 0 Å². The van der Waals surface area contributed by atoms with Gasteiger partial charge in [-0.1, -0.05) is 6.92 Å². The quantitative estimate of drug-likeness (QED) is 0.705. The maximum absolute atomic E-state index is 12.6. The summed E-state index contributed by atoms with van der Waals surface area (Å²) in [4.78, 5) is 11.7. The molecule has 0 aromatic heterocycles. The summed E-state index contributed by atoms with van der Waals surface area (Å²) in [6.07, 6.45) is 0.781. The molecule has 0 aliphatic rings. The number of rotatable bonds is 8. The number of sulfonamides is 1. The van der Waals surface area contributed by atoms with Crippen molar-refractivity contribution in [2.24, 2.45) is 0 Å². The molecule has 1 N–H and O–H groups in total. The fraction of sp³-hybridized carbons (Fsp3) is 0.500. The normalized spacial score (nSPS) is 11.4. The van der Waals surface area contributed by atoms with Crippen LogP contribution in [0.4, 0.5) is 0 Å². The third-order valence-corrected chi connectivity index (χ3v) is 5.83. The van der Waals surface area contributed by atoms with Crippen molar-refractivity contribution in [3.8, 4) is 11.5 Å². The van der Waals surface area contributed by atoms with Gasteiger partial charge in [0, 0.05) is 24.1 Å². The predicted octanol–water partition coefficient (Wildman–Crippen LogP) is 1.61. The molecule has 7 nitrogen and oxygen atoms in total. The Hall–Kier alpha value is -1.32. The third kappa shape index (κ3) is 4.82. The van der Waals surface area contributed by atoms with Crippen molar-refractivity contribution in [1.82, 2.24) is 9.62 Å². The van der Waals surface area contributed by atoms with Gasteiger partial charge in [0.25, 0.3) is 0 Å². The average molecular weight is 409 g/mol. The second-order valence-corrected chi connectivity index (χ2v) is 7.62. The van der Waals surface area contributed by atoms with E-state index in [2.05, 4.69) is 21.2 Å². The van der Waals surface area contributed by atoms with Crippen molar-refractivity contribution in [1.29, 1.82) is 0 Å². The lowest BCUT2D eigenvalue weighted by atomic mass is 10.3. The van der Waals surface area contributed by atoms with Crippen molar-refractivity contribution in [3.05, 3.63) is 16.6 Å². The molecular weight excluding hydrogens is 388 g/mol. The maximum Gasteiger partial charge on any atom is 0.244 e. The second-order valence-electron chi connectivity index (χ2n) is 4.75. The van der Waals surface area contributed by atoms with Crippen LogP contribution in [-0.2, 0) is 14.8 Å². The molecule has 1 amide bonds. The minimum atomic E-state index is -3.86. The highest BCUT2D eigenvalue weighted by atomic mass is 79.9. The van der Waals surface area contributed by atoms with E-state index in [4.69, 9.17) is 9.47 Å². The summed E-state index contributed by atoms with van der Waals surface area (Å²) < 4.78 is 36.9. The minimum Gasteiger partial charge on any atom is -0.493 e. The Morgan fingerprint density at radius 2 is 1.83 bits per heavy atom. The Bertz CT molecular complexity index is 663. The van der Waals surface area contributed by atoms with Crippen LogP contribution in [0, 0.1) is 0 Å². The van der Waals surface area contributed by atoms with E-state index in [0.29, 0.717) is 16.8 Å². The highest BCUT2D eigenvalue weighted by Gasteiger charge is 2.27. The average Bonchev–Trinajstić information content (AvgIpc) is 2.52. The summed E-state index contributed by atoms with van der Waals surface area (Å²) in [5.74, 6) is 0.342. The fourth-order valence-corrected chi connectivity index (χ4v) is 3.93. The molecule has 0 saturated heterocycles. The number of methoxy groups -OCH3 is 2. The Labute approximate surface area is 145 Å². The SMILES string of the molecule is CCCNC(=O)CN(C)S(=O)(=O)c1cc(OC)c(OC)cc1Br. The molecule has 9 heteroatoms. The largest absolute Gasteiger partial charge is 0.493 e. The zero-order valence-electron chi connectivity index (χ0n) is 13.6. The summed E-state index contributed by atoms with van der Waals surface area (Å²) in [7, 11) is 0.376. The maximum atomic E-state index is 12.6. The number of nitrogens with zero attached hydrogens (tertiary/aromatic N) is 1. The van der Waals surface area contributed by atoms with Crippen LogP contribution in [0.25, 0.3) is 0 Å². The molecule has 0 spiro atoms. The van der Waals surface area contributed by atoms with Gasteiger partial charge in [-0.3, -0.25) is 4.79 Å². The summed E-state index contributed by atoms with van der Waals surface area (Å²) in [5.41, 5.74) is 0. The van der Waals surface area contributed by atoms with Crippen molar-refractivity contribution in [2.45, 2.75) is 18.2 Å². The first kappa shape index (κ1) is 19.7. The molecule has 0 radical (unpaired) electrons. The van der Waals surface area contributed by atoms with Crippen molar-refractivity contribution in [2.75, 3.05) is 34.4 Å². The van der Waals surface area contributed by atoms with E-state index in [1.807, 2.05) is 6.92 Å². The first-order chi connectivity index (χ1) is 10.8. The number of carbonyl (C=O) groups excluding carboxylic acids is 1. The highest BCUT2D eigenvalue weighted by Crippen LogP contribution is 2.36. The zero-order chi connectivity index (χ0) is 17.6. The van der Waals surface area contributed by atoms with Gasteiger partial charge in [0.05, 0.1) is 20.8 Å². The first-order valence-electron chi connectivity index (χ1n) is 6.92. The third-order valence-electron chi connectivity index (χ3n) is 3.06. The minimum absolute atomic E-state index is 0.000872. The number of carbonyl (C=O) groups is 1. The van der Waals surface area contributed by atoms with Gasteiger partial charge < -0.3 is 14.8 Å². The molecule has 0 heterocycles. The van der Waals surface area contributed by atoms with Crippen molar-refractivity contribution >= 4 is 31.9 Å². The highest BCUT2D eigenvalue weighted by molar-refractivity contribution is 9.10. The molecule has 0 atom stereocenters. The topological polar surface area (TPSA) is 84.9 Å². The summed E-state index contributed by atoms with van der Waals surface area (Å²) in [6.45, 7) is 2.16. The van der Waals surface area contributed by atoms with Gasteiger partial charge in [-0.05, 0) is 28.4 Å². The number of hydrogen-bond donors (Lipinski definition) is 1. The van der Waals surface area contributed by atoms with Crippen LogP contribution in [0.3, 0.4) is 0 Å². The Morgan fingerprint density at radius 3 is 2.35 bits per heavy atom. The standard InChI is InChI=1S/C14H21BrN2O5S/c1-5-6-16-14(18)9-17(2)23(19,20)13-8-12(22-4)11(21-3)7-10(13)15/h7-8H,5-6,9H2,1-4H3,(H,16,18). The van der Waals surface area contributed by atoms with E-state index in [9.17, 15) is 13.2 Å². The Balaban J connectivity index is 3.10. The van der Waals surface area contributed by atoms with E-state index >= 15 is 0 Å². The van der Waals surface area contributed by atoms with E-state index in [1.54, 1.807) is 0 Å². The van der Waals surface area contributed by atoms with Gasteiger partial charge in [-0.15, -0.1) is 0 Å². The number of likely N-dealkylation sites (N-methyl/N-ethyl adjacent to an activating group) is 1. The molecule has 0 saturated carbocycles. The van der Waals surface area contributed by atoms with Gasteiger partial charge in [0.1, 0.15) is 4.90 Å². The van der Waals surface area contributed by atoms with Gasteiger partial charge in [0.2, 0.25) is 15.9 Å². The van der Waals surface area contributed by atoms with E-state index in [0.717, 1.165) is 10.7 Å². The number of hydrogen-bond acceptors (Lipinski definition) is 5. The Kier molecular flexibility index (Phi) is 7.30. The summed E-state index contributed by atoms with van der Waals surface area (Å²) in [6, 6.07) is 2.87. The lowest BCUT2D eigenvalue weighted by molar-refractivity contribution is -0.121. The summed E-state index contributed by atoms with van der Waals surface area (Å²) >= 11 is 3.22. The lowest BCUT2D eigenvalue weighted by Gasteiger charge is -2.19. The molecule has 0 fully saturated rings. The molecule has 1 aromatic rings. The Morgan fingerprint density at radius 1 is 1.26 bits per heavy atom. The van der Waals surface area contributed by atoms with Crippen LogP contribution < -0.4 is 14.8 Å². The van der Waals surface area contributed by atoms with Crippen molar-refractivity contribution in [3.63, 3.8) is 0 Å². The molecule has 0 aliphatic carbocycles. The molecule has 0 unspecified atom stereocenters. The monoisotopic (exact) mass is 408 g/mol. The molecule has 0 aliphatic heterocycles. The smallest absolute Gasteiger partial charge is 0.244 e. The first-order valence-corrected chi connectivity index (χ1v) is 9.15. The number of ether oxygens (including phenoxy) is 2. The molecule has 1 rings (SSSR count). The number of amides is 1. The van der Waals surface area contributed by atoms with E-state index < -0.39 is 10.0 Å². The van der Waals surface area contributed by atoms with Crippen molar-refractivity contribution < 1.29 is 22.7 Å². The van der Waals surface area contributed by atoms with Gasteiger partial charge in [-0.25, -0.2) is 8.42 Å². The van der Waals surface area contributed by atoms with Gasteiger partial charge in [0.15, 0.2) is 11.5 Å². The lowest BCUT2D eigenvalue weighted by Crippen LogP contribution is -2.38. The van der Waals surface area contributed by atoms with E-state index in [1.165, 1.54) is 33.4 Å². The van der Waals surface area contributed by atoms with Gasteiger partial charge >= 0.3 is 0 Å². The predicted molar refractivity (Wildman–Crippen MR) is 90.4 cm³/mol. The molecular formula is C14H21BrN2O5S. The van der Waals surface area contributed by atoms with Crippen LogP contribution >= 0.6 is 15.9 Å². The molecule has 130 valence electrons. The van der Waals surface area contributed by atoms with Crippen LogP contribution in [0.1, 0.15) is 13.3 Å². The van der Waals surface area contributed by atoms with Gasteiger partial charge in [-0.2, -0.15) is 4.31 Å². The zero-order valence-corrected chi connectivity index (χ0v) is 16.0. The van der Waals surface area contributed by atoms with Crippen LogP contribution in [0.5, 0.6) is 11.5 Å². The molecule has 1 aromatic carbocycles. The number of benzene rings is 1. The molecule has 23 heavy (non-hydrogen) atoms. The second kappa shape index (κ2) is 8.51.